The quantitative estimate of drug-likeness (QED) is 0.442. The maximum Gasteiger partial charge on any atom is 0.191 e. The first-order chi connectivity index (χ1) is 11.7. The van der Waals surface area contributed by atoms with Crippen LogP contribution in [0.25, 0.3) is 0 Å². The van der Waals surface area contributed by atoms with E-state index in [0.29, 0.717) is 38.2 Å². The van der Waals surface area contributed by atoms with Crippen molar-refractivity contribution in [2.24, 2.45) is 4.99 Å². The molecule has 2 N–H and O–H groups in total. The molecule has 0 atom stereocenters. The molecule has 0 saturated heterocycles. The summed E-state index contributed by atoms with van der Waals surface area (Å²) < 4.78 is 10.9. The molecule has 2 aromatic rings. The van der Waals surface area contributed by atoms with Crippen molar-refractivity contribution in [3.63, 3.8) is 0 Å². The summed E-state index contributed by atoms with van der Waals surface area (Å²) in [4.78, 5) is 4.18. The Morgan fingerprint density at radius 1 is 1.25 bits per heavy atom. The van der Waals surface area contributed by atoms with Crippen LogP contribution in [0, 0.1) is 0 Å². The maximum absolute atomic E-state index is 5.63. The first-order valence-electron chi connectivity index (χ1n) is 8.20. The summed E-state index contributed by atoms with van der Waals surface area (Å²) in [7, 11) is 1.74. The number of nitrogens with zero attached hydrogens (tertiary/aromatic N) is 2. The highest BCUT2D eigenvalue weighted by Crippen LogP contribution is 2.13. The van der Waals surface area contributed by atoms with E-state index < -0.39 is 0 Å². The molecule has 0 aliphatic rings. The average molecular weight is 330 g/mol. The van der Waals surface area contributed by atoms with Gasteiger partial charge in [-0.2, -0.15) is 0 Å². The largest absolute Gasteiger partial charge is 0.375 e. The molecule has 1 aromatic heterocycles. The summed E-state index contributed by atoms with van der Waals surface area (Å²) in [5.41, 5.74) is 2.13. The molecule has 6 heteroatoms. The summed E-state index contributed by atoms with van der Waals surface area (Å²) in [5.74, 6) is 1.87. The Morgan fingerprint density at radius 3 is 2.71 bits per heavy atom. The van der Waals surface area contributed by atoms with Gasteiger partial charge in [-0.3, -0.25) is 4.99 Å². The lowest BCUT2D eigenvalue weighted by Crippen LogP contribution is -2.38. The number of benzene rings is 1. The fourth-order valence-corrected chi connectivity index (χ4v) is 2.08. The van der Waals surface area contributed by atoms with Crippen molar-refractivity contribution in [3.8, 4) is 0 Å². The first kappa shape index (κ1) is 18.0. The first-order valence-corrected chi connectivity index (χ1v) is 8.20. The van der Waals surface area contributed by atoms with Gasteiger partial charge < -0.3 is 19.9 Å². The zero-order valence-electron chi connectivity index (χ0n) is 14.6. The van der Waals surface area contributed by atoms with Crippen LogP contribution in [-0.2, 0) is 17.9 Å². The topological polar surface area (TPSA) is 71.7 Å². The molecule has 6 nitrogen and oxygen atoms in total. The van der Waals surface area contributed by atoms with E-state index in [-0.39, 0.29) is 0 Å². The molecule has 0 aliphatic heterocycles. The minimum Gasteiger partial charge on any atom is -0.375 e. The van der Waals surface area contributed by atoms with Crippen molar-refractivity contribution in [1.29, 1.82) is 0 Å². The van der Waals surface area contributed by atoms with Crippen LogP contribution in [0.1, 0.15) is 36.8 Å². The second-order valence-corrected chi connectivity index (χ2v) is 5.76. The minimum absolute atomic E-state index is 0.363. The summed E-state index contributed by atoms with van der Waals surface area (Å²) in [6, 6.07) is 12.1. The zero-order chi connectivity index (χ0) is 17.2. The van der Waals surface area contributed by atoms with Gasteiger partial charge in [-0.15, -0.1) is 0 Å². The van der Waals surface area contributed by atoms with Gasteiger partial charge in [-0.25, -0.2) is 0 Å². The number of hydrogen-bond acceptors (Lipinski definition) is 4. The molecular formula is C18H26N4O2. The summed E-state index contributed by atoms with van der Waals surface area (Å²) >= 11 is 0. The Morgan fingerprint density at radius 2 is 2.04 bits per heavy atom. The molecule has 0 saturated carbocycles. The van der Waals surface area contributed by atoms with Crippen LogP contribution in [0.4, 0.5) is 0 Å². The third-order valence-electron chi connectivity index (χ3n) is 3.47. The fourth-order valence-electron chi connectivity index (χ4n) is 2.08. The van der Waals surface area contributed by atoms with E-state index in [4.69, 9.17) is 9.26 Å². The van der Waals surface area contributed by atoms with Gasteiger partial charge >= 0.3 is 0 Å². The van der Waals surface area contributed by atoms with Crippen molar-refractivity contribution in [2.75, 3.05) is 20.2 Å². The third kappa shape index (κ3) is 6.04. The monoisotopic (exact) mass is 330 g/mol. The van der Waals surface area contributed by atoms with Crippen LogP contribution < -0.4 is 10.6 Å². The molecular weight excluding hydrogens is 304 g/mol. The second-order valence-electron chi connectivity index (χ2n) is 5.76. The summed E-state index contributed by atoms with van der Waals surface area (Å²) in [6.07, 6.45) is 0. The third-order valence-corrected chi connectivity index (χ3v) is 3.47. The molecule has 0 aliphatic carbocycles. The molecule has 0 amide bonds. The molecule has 0 unspecified atom stereocenters. The van der Waals surface area contributed by atoms with Crippen LogP contribution in [0.15, 0.2) is 45.9 Å². The SMILES string of the molecule is CN=C(NCCOCc1ccccc1)NCc1cc(C(C)C)no1. The lowest BCUT2D eigenvalue weighted by molar-refractivity contribution is 0.125. The Balaban J connectivity index is 1.63. The van der Waals surface area contributed by atoms with Crippen LogP contribution in [0.3, 0.4) is 0 Å². The van der Waals surface area contributed by atoms with E-state index in [9.17, 15) is 0 Å². The molecule has 1 aromatic carbocycles. The number of aromatic nitrogens is 1. The van der Waals surface area contributed by atoms with Crippen molar-refractivity contribution in [3.05, 3.63) is 53.4 Å². The van der Waals surface area contributed by atoms with E-state index in [0.717, 1.165) is 11.5 Å². The smallest absolute Gasteiger partial charge is 0.191 e. The van der Waals surface area contributed by atoms with Crippen molar-refractivity contribution in [2.45, 2.75) is 32.9 Å². The second kappa shape index (κ2) is 9.72. The Labute approximate surface area is 143 Å². The molecule has 0 radical (unpaired) electrons. The highest BCUT2D eigenvalue weighted by molar-refractivity contribution is 5.79. The molecule has 24 heavy (non-hydrogen) atoms. The summed E-state index contributed by atoms with van der Waals surface area (Å²) in [6.45, 7) is 6.63. The number of nitrogens with one attached hydrogen (secondary N) is 2. The maximum atomic E-state index is 5.63. The van der Waals surface area contributed by atoms with E-state index >= 15 is 0 Å². The van der Waals surface area contributed by atoms with Crippen LogP contribution in [0.2, 0.25) is 0 Å². The van der Waals surface area contributed by atoms with E-state index in [1.54, 1.807) is 7.05 Å². The number of ether oxygens (including phenoxy) is 1. The van der Waals surface area contributed by atoms with Gasteiger partial charge in [0.25, 0.3) is 0 Å². The van der Waals surface area contributed by atoms with Crippen molar-refractivity contribution < 1.29 is 9.26 Å². The highest BCUT2D eigenvalue weighted by atomic mass is 16.5. The van der Waals surface area contributed by atoms with Crippen LogP contribution >= 0.6 is 0 Å². The molecule has 2 rings (SSSR count). The van der Waals surface area contributed by atoms with Gasteiger partial charge in [0.15, 0.2) is 11.7 Å². The average Bonchev–Trinajstić information content (AvgIpc) is 3.07. The van der Waals surface area contributed by atoms with Gasteiger partial charge in [0.05, 0.1) is 25.5 Å². The van der Waals surface area contributed by atoms with Crippen molar-refractivity contribution >= 4 is 5.96 Å². The molecule has 130 valence electrons. The van der Waals surface area contributed by atoms with Crippen molar-refractivity contribution in [1.82, 2.24) is 15.8 Å². The molecule has 0 bridgehead atoms. The van der Waals surface area contributed by atoms with Gasteiger partial charge in [-0.1, -0.05) is 49.3 Å². The Bertz CT molecular complexity index is 623. The van der Waals surface area contributed by atoms with Gasteiger partial charge in [-0.05, 0) is 11.5 Å². The van der Waals surface area contributed by atoms with E-state index in [2.05, 4.69) is 46.8 Å². The lowest BCUT2D eigenvalue weighted by Gasteiger charge is -2.11. The van der Waals surface area contributed by atoms with Crippen LogP contribution in [0.5, 0.6) is 0 Å². The molecule has 1 heterocycles. The minimum atomic E-state index is 0.363. The standard InChI is InChI=1S/C18H26N4O2/c1-14(2)17-11-16(24-22-17)12-21-18(19-3)20-9-10-23-13-15-7-5-4-6-8-15/h4-8,11,14H,9-10,12-13H2,1-3H3,(H2,19,20,21). The zero-order valence-corrected chi connectivity index (χ0v) is 14.6. The van der Waals surface area contributed by atoms with Gasteiger partial charge in [0, 0.05) is 19.7 Å². The Kier molecular flexibility index (Phi) is 7.29. The van der Waals surface area contributed by atoms with Crippen LogP contribution in [-0.4, -0.2) is 31.3 Å². The number of rotatable bonds is 8. The Hall–Kier alpha value is -2.34. The molecule has 0 fully saturated rings. The predicted octanol–water partition coefficient (Wildman–Crippen LogP) is 2.68. The lowest BCUT2D eigenvalue weighted by atomic mass is 10.1. The normalized spacial score (nSPS) is 11.8. The number of hydrogen-bond donors (Lipinski definition) is 2. The van der Waals surface area contributed by atoms with E-state index in [1.807, 2.05) is 24.3 Å². The summed E-state index contributed by atoms with van der Waals surface area (Å²) in [5, 5.41) is 10.4. The fraction of sp³-hybridized carbons (Fsp3) is 0.444. The van der Waals surface area contributed by atoms with Gasteiger partial charge in [0.2, 0.25) is 0 Å². The highest BCUT2D eigenvalue weighted by Gasteiger charge is 2.08. The van der Waals surface area contributed by atoms with E-state index in [1.165, 1.54) is 5.56 Å². The number of aliphatic imine (C=N–C) groups is 1. The van der Waals surface area contributed by atoms with Gasteiger partial charge in [0.1, 0.15) is 0 Å². The number of guanidine groups is 1. The predicted molar refractivity (Wildman–Crippen MR) is 94.9 cm³/mol. The molecule has 0 spiro atoms.